The van der Waals surface area contributed by atoms with Crippen LogP contribution in [0.1, 0.15) is 20.3 Å². The molecule has 1 unspecified atom stereocenters. The number of fused-ring (bicyclic) bond motifs is 1. The van der Waals surface area contributed by atoms with Crippen molar-refractivity contribution in [1.29, 1.82) is 0 Å². The summed E-state index contributed by atoms with van der Waals surface area (Å²) in [6.45, 7) is 2.00. The van der Waals surface area contributed by atoms with Gasteiger partial charge in [0.15, 0.2) is 0 Å². The fourth-order valence-corrected chi connectivity index (χ4v) is 3.99. The van der Waals surface area contributed by atoms with E-state index < -0.39 is 0 Å². The van der Waals surface area contributed by atoms with E-state index in [9.17, 15) is 0 Å². The summed E-state index contributed by atoms with van der Waals surface area (Å²) in [6.07, 6.45) is 2.63. The normalized spacial score (nSPS) is 13.0. The molecular formula is C13H11ClN2S2. The van der Waals surface area contributed by atoms with Crippen molar-refractivity contribution < 1.29 is 0 Å². The highest BCUT2D eigenvalue weighted by Crippen LogP contribution is 2.32. The van der Waals surface area contributed by atoms with E-state index in [-0.39, 0.29) is 5.38 Å². The van der Waals surface area contributed by atoms with Crippen LogP contribution >= 0.6 is 34.3 Å². The van der Waals surface area contributed by atoms with E-state index >= 15 is 0 Å². The summed E-state index contributed by atoms with van der Waals surface area (Å²) in [6, 6.07) is 8.18. The van der Waals surface area contributed by atoms with Crippen LogP contribution in [0.5, 0.6) is 0 Å². The zero-order valence-corrected chi connectivity index (χ0v) is 12.1. The standard InChI is InChI=1S/C13H11ClN2S2/c1-8-15-7-12(17-8)9(14)6-13-16-10-4-2-3-5-11(10)18-13/h2-5,7,9H,6H2,1H3. The van der Waals surface area contributed by atoms with Crippen molar-refractivity contribution in [2.45, 2.75) is 18.7 Å². The Morgan fingerprint density at radius 3 is 2.83 bits per heavy atom. The van der Waals surface area contributed by atoms with Gasteiger partial charge in [0.2, 0.25) is 0 Å². The van der Waals surface area contributed by atoms with Crippen LogP contribution in [0.25, 0.3) is 10.2 Å². The molecule has 18 heavy (non-hydrogen) atoms. The number of nitrogens with zero attached hydrogens (tertiary/aromatic N) is 2. The number of benzene rings is 1. The number of aromatic nitrogens is 2. The highest BCUT2D eigenvalue weighted by Gasteiger charge is 2.14. The molecule has 0 fully saturated rings. The Hall–Kier alpha value is -0.970. The molecule has 2 nitrogen and oxygen atoms in total. The molecule has 1 aromatic carbocycles. The van der Waals surface area contributed by atoms with E-state index in [4.69, 9.17) is 11.6 Å². The van der Waals surface area contributed by atoms with Crippen LogP contribution in [0.15, 0.2) is 30.5 Å². The Balaban J connectivity index is 1.83. The van der Waals surface area contributed by atoms with Crippen molar-refractivity contribution in [1.82, 2.24) is 9.97 Å². The molecule has 2 aromatic heterocycles. The number of thiazole rings is 2. The average Bonchev–Trinajstić information content (AvgIpc) is 2.94. The van der Waals surface area contributed by atoms with Gasteiger partial charge in [0.25, 0.3) is 0 Å². The zero-order valence-electron chi connectivity index (χ0n) is 9.76. The maximum atomic E-state index is 6.42. The van der Waals surface area contributed by atoms with Gasteiger partial charge in [-0.05, 0) is 19.1 Å². The molecule has 92 valence electrons. The van der Waals surface area contributed by atoms with Gasteiger partial charge in [0.1, 0.15) is 0 Å². The molecular weight excluding hydrogens is 284 g/mol. The van der Waals surface area contributed by atoms with Gasteiger partial charge in [0, 0.05) is 17.5 Å². The molecule has 0 spiro atoms. The lowest BCUT2D eigenvalue weighted by Gasteiger charge is -2.02. The van der Waals surface area contributed by atoms with Gasteiger partial charge in [-0.15, -0.1) is 34.3 Å². The first-order valence-corrected chi connectivity index (χ1v) is 7.70. The fraction of sp³-hybridized carbons (Fsp3) is 0.231. The van der Waals surface area contributed by atoms with Crippen molar-refractivity contribution in [2.75, 3.05) is 0 Å². The van der Waals surface area contributed by atoms with Gasteiger partial charge in [-0.1, -0.05) is 12.1 Å². The number of alkyl halides is 1. The lowest BCUT2D eigenvalue weighted by Crippen LogP contribution is -1.92. The van der Waals surface area contributed by atoms with E-state index in [1.54, 1.807) is 22.7 Å². The summed E-state index contributed by atoms with van der Waals surface area (Å²) < 4.78 is 1.22. The van der Waals surface area contributed by atoms with Crippen molar-refractivity contribution in [3.05, 3.63) is 45.4 Å². The average molecular weight is 295 g/mol. The van der Waals surface area contributed by atoms with E-state index in [0.29, 0.717) is 0 Å². The van der Waals surface area contributed by atoms with Gasteiger partial charge < -0.3 is 0 Å². The summed E-state index contributed by atoms with van der Waals surface area (Å²) in [4.78, 5) is 9.96. The van der Waals surface area contributed by atoms with Crippen LogP contribution in [-0.2, 0) is 6.42 Å². The van der Waals surface area contributed by atoms with E-state index in [2.05, 4.69) is 16.0 Å². The molecule has 0 saturated carbocycles. The number of aryl methyl sites for hydroxylation is 1. The summed E-state index contributed by atoms with van der Waals surface area (Å²) in [5.41, 5.74) is 1.06. The molecule has 2 heterocycles. The molecule has 1 atom stereocenters. The second-order valence-electron chi connectivity index (χ2n) is 4.03. The first-order valence-electron chi connectivity index (χ1n) is 5.63. The quantitative estimate of drug-likeness (QED) is 0.661. The van der Waals surface area contributed by atoms with E-state index in [0.717, 1.165) is 26.8 Å². The van der Waals surface area contributed by atoms with Crippen molar-refractivity contribution in [3.63, 3.8) is 0 Å². The topological polar surface area (TPSA) is 25.8 Å². The highest BCUT2D eigenvalue weighted by atomic mass is 35.5. The Labute approximate surface area is 118 Å². The van der Waals surface area contributed by atoms with E-state index in [1.807, 2.05) is 31.3 Å². The molecule has 0 aliphatic rings. The third-order valence-corrected chi connectivity index (χ3v) is 5.24. The fourth-order valence-electron chi connectivity index (χ4n) is 1.78. The SMILES string of the molecule is Cc1ncc(C(Cl)Cc2nc3ccccc3s2)s1. The second kappa shape index (κ2) is 4.96. The number of hydrogen-bond donors (Lipinski definition) is 0. The van der Waals surface area contributed by atoms with Crippen LogP contribution < -0.4 is 0 Å². The lowest BCUT2D eigenvalue weighted by atomic mass is 10.3. The predicted molar refractivity (Wildman–Crippen MR) is 78.8 cm³/mol. The maximum Gasteiger partial charge on any atom is 0.0957 e. The number of para-hydroxylation sites is 1. The minimum atomic E-state index is -0.0308. The van der Waals surface area contributed by atoms with Crippen LogP contribution in [0, 0.1) is 6.92 Å². The van der Waals surface area contributed by atoms with Crippen LogP contribution in [-0.4, -0.2) is 9.97 Å². The van der Waals surface area contributed by atoms with Crippen molar-refractivity contribution >= 4 is 44.5 Å². The Kier molecular flexibility index (Phi) is 3.33. The minimum absolute atomic E-state index is 0.0308. The predicted octanol–water partition coefficient (Wildman–Crippen LogP) is 4.58. The second-order valence-corrected chi connectivity index (χ2v) is 6.94. The van der Waals surface area contributed by atoms with Gasteiger partial charge in [0.05, 0.1) is 25.6 Å². The first kappa shape index (κ1) is 12.1. The highest BCUT2D eigenvalue weighted by molar-refractivity contribution is 7.18. The number of rotatable bonds is 3. The van der Waals surface area contributed by atoms with Crippen LogP contribution in [0.2, 0.25) is 0 Å². The van der Waals surface area contributed by atoms with Crippen molar-refractivity contribution in [2.24, 2.45) is 0 Å². The van der Waals surface area contributed by atoms with Crippen molar-refractivity contribution in [3.8, 4) is 0 Å². The minimum Gasteiger partial charge on any atom is -0.250 e. The molecule has 0 aliphatic heterocycles. The summed E-state index contributed by atoms with van der Waals surface area (Å²) >= 11 is 9.79. The molecule has 5 heteroatoms. The Morgan fingerprint density at radius 2 is 2.11 bits per heavy atom. The Bertz CT molecular complexity index is 641. The summed E-state index contributed by atoms with van der Waals surface area (Å²) in [5.74, 6) is 0. The summed E-state index contributed by atoms with van der Waals surface area (Å²) in [5, 5.41) is 2.11. The largest absolute Gasteiger partial charge is 0.250 e. The Morgan fingerprint density at radius 1 is 1.28 bits per heavy atom. The van der Waals surface area contributed by atoms with E-state index in [1.165, 1.54) is 4.70 Å². The van der Waals surface area contributed by atoms with Gasteiger partial charge in [-0.25, -0.2) is 9.97 Å². The molecule has 0 N–H and O–H groups in total. The maximum absolute atomic E-state index is 6.42. The summed E-state index contributed by atoms with van der Waals surface area (Å²) in [7, 11) is 0. The lowest BCUT2D eigenvalue weighted by molar-refractivity contribution is 0.926. The third-order valence-electron chi connectivity index (χ3n) is 2.64. The number of hydrogen-bond acceptors (Lipinski definition) is 4. The first-order chi connectivity index (χ1) is 8.72. The third kappa shape index (κ3) is 2.41. The molecule has 3 aromatic rings. The van der Waals surface area contributed by atoms with Gasteiger partial charge in [-0.2, -0.15) is 0 Å². The number of halogens is 1. The molecule has 0 radical (unpaired) electrons. The molecule has 0 bridgehead atoms. The molecule has 3 rings (SSSR count). The van der Waals surface area contributed by atoms with Crippen LogP contribution in [0.3, 0.4) is 0 Å². The van der Waals surface area contributed by atoms with Gasteiger partial charge in [-0.3, -0.25) is 0 Å². The molecule has 0 aliphatic carbocycles. The monoisotopic (exact) mass is 294 g/mol. The zero-order chi connectivity index (χ0) is 12.5. The molecule has 0 saturated heterocycles. The smallest absolute Gasteiger partial charge is 0.0957 e. The van der Waals surface area contributed by atoms with Gasteiger partial charge >= 0.3 is 0 Å². The molecule has 0 amide bonds. The van der Waals surface area contributed by atoms with Crippen LogP contribution in [0.4, 0.5) is 0 Å².